The summed E-state index contributed by atoms with van der Waals surface area (Å²) in [5, 5.41) is 12.0. The van der Waals surface area contributed by atoms with E-state index in [-0.39, 0.29) is 30.7 Å². The third-order valence-corrected chi connectivity index (χ3v) is 13.1. The molecule has 0 bridgehead atoms. The molecule has 1 saturated heterocycles. The molecule has 14 heteroatoms. The molecule has 1 aliphatic heterocycles. The second-order valence-corrected chi connectivity index (χ2v) is 17.0. The molecule has 2 aromatic carbocycles. The quantitative estimate of drug-likeness (QED) is 0.102. The summed E-state index contributed by atoms with van der Waals surface area (Å²) in [7, 11) is 3.77. The van der Waals surface area contributed by atoms with Gasteiger partial charge in [0.15, 0.2) is 5.82 Å². The number of likely N-dealkylation sites (N-methyl/N-ethyl adjacent to an activating group) is 1. The topological polar surface area (TPSA) is 132 Å². The Bertz CT molecular complexity index is 2410. The predicted molar refractivity (Wildman–Crippen MR) is 234 cm³/mol. The number of aromatic nitrogens is 4. The SMILES string of the molecule is COc1ccccc1-c1nccc(COc2ccccc2C[C@@H](Oc2nsc3cnc(C4CCC4)c(C4=C(C)C(Cl)=C(OCCN5CCN(C)CC5)CC4C)c23)C(=O)O)n1. The standard InChI is InChI=1S/C46H51ClN6O6S/c1-28-24-36(57-23-22-53-20-18-52(3)19-21-53)42(47)29(2)39(28)41-40-38(26-49-43(41)30-11-9-12-30)60-51-45(40)59-37(46(54)55)25-31-10-5-7-14-34(31)58-27-32-16-17-48-44(50-32)33-13-6-8-15-35(33)56-4/h5-8,10,13-17,26,28,30,37H,9,11-12,18-25,27H2,1-4H3,(H,54,55)/t28?,37-/m1/s1. The van der Waals surface area contributed by atoms with Crippen molar-refractivity contribution in [1.82, 2.24) is 29.1 Å². The van der Waals surface area contributed by atoms with Crippen LogP contribution in [0.2, 0.25) is 0 Å². The lowest BCUT2D eigenvalue weighted by Gasteiger charge is -2.33. The molecular weight excluding hydrogens is 800 g/mol. The molecule has 1 saturated carbocycles. The van der Waals surface area contributed by atoms with E-state index >= 15 is 0 Å². The Morgan fingerprint density at radius 3 is 2.53 bits per heavy atom. The van der Waals surface area contributed by atoms with Crippen molar-refractivity contribution in [3.05, 3.63) is 106 Å². The van der Waals surface area contributed by atoms with Gasteiger partial charge in [0.25, 0.3) is 0 Å². The van der Waals surface area contributed by atoms with E-state index < -0.39 is 12.1 Å². The Morgan fingerprint density at radius 1 is 1.02 bits per heavy atom. The number of benzene rings is 2. The number of methoxy groups -OCH3 is 1. The number of carboxylic acid groups (broad SMARTS) is 1. The number of carboxylic acids is 1. The molecule has 12 nitrogen and oxygen atoms in total. The number of hydrogen-bond donors (Lipinski definition) is 1. The van der Waals surface area contributed by atoms with Gasteiger partial charge in [-0.1, -0.05) is 55.3 Å². The van der Waals surface area contributed by atoms with Crippen LogP contribution < -0.4 is 14.2 Å². The lowest BCUT2D eigenvalue weighted by Crippen LogP contribution is -2.45. The monoisotopic (exact) mass is 850 g/mol. The summed E-state index contributed by atoms with van der Waals surface area (Å²) in [6.07, 6.45) is 6.18. The summed E-state index contributed by atoms with van der Waals surface area (Å²) in [5.74, 6) is 2.05. The largest absolute Gasteiger partial charge is 0.496 e. The van der Waals surface area contributed by atoms with E-state index in [2.05, 4.69) is 35.7 Å². The number of para-hydroxylation sites is 2. The van der Waals surface area contributed by atoms with E-state index in [1.807, 2.05) is 54.7 Å². The lowest BCUT2D eigenvalue weighted by molar-refractivity contribution is -0.145. The average Bonchev–Trinajstić information content (AvgIpc) is 3.65. The summed E-state index contributed by atoms with van der Waals surface area (Å²) in [5.41, 5.74) is 6.09. The molecule has 0 spiro atoms. The van der Waals surface area contributed by atoms with Crippen LogP contribution in [0, 0.1) is 5.92 Å². The minimum Gasteiger partial charge on any atom is -0.496 e. The molecule has 0 radical (unpaired) electrons. The van der Waals surface area contributed by atoms with Crippen LogP contribution in [0.1, 0.15) is 68.0 Å². The molecule has 1 unspecified atom stereocenters. The van der Waals surface area contributed by atoms with E-state index in [0.29, 0.717) is 46.6 Å². The van der Waals surface area contributed by atoms with Gasteiger partial charge < -0.3 is 29.0 Å². The number of allylic oxidation sites excluding steroid dienone is 4. The first kappa shape index (κ1) is 41.6. The van der Waals surface area contributed by atoms with Crippen LogP contribution in [0.15, 0.2) is 83.4 Å². The summed E-state index contributed by atoms with van der Waals surface area (Å²) in [4.78, 5) is 32.0. The zero-order valence-corrected chi connectivity index (χ0v) is 36.1. The van der Waals surface area contributed by atoms with Crippen LogP contribution in [-0.4, -0.2) is 99.8 Å². The van der Waals surface area contributed by atoms with Gasteiger partial charge in [0.1, 0.15) is 30.5 Å². The van der Waals surface area contributed by atoms with Gasteiger partial charge in [-0.3, -0.25) is 9.88 Å². The summed E-state index contributed by atoms with van der Waals surface area (Å²) >= 11 is 8.44. The Hall–Kier alpha value is -5.08. The Balaban J connectivity index is 1.05. The molecule has 314 valence electrons. The molecule has 2 atom stereocenters. The minimum atomic E-state index is -1.26. The van der Waals surface area contributed by atoms with Crippen molar-refractivity contribution in [1.29, 1.82) is 0 Å². The number of halogens is 1. The van der Waals surface area contributed by atoms with Crippen molar-refractivity contribution in [3.8, 4) is 28.8 Å². The maximum atomic E-state index is 13.0. The third kappa shape index (κ3) is 9.00. The number of fused-ring (bicyclic) bond motifs is 1. The highest BCUT2D eigenvalue weighted by Gasteiger charge is 2.35. The molecule has 3 aromatic heterocycles. The highest BCUT2D eigenvalue weighted by Crippen LogP contribution is 2.50. The molecule has 1 N–H and O–H groups in total. The predicted octanol–water partition coefficient (Wildman–Crippen LogP) is 8.61. The Morgan fingerprint density at radius 2 is 1.78 bits per heavy atom. The number of piperazine rings is 1. The molecule has 60 heavy (non-hydrogen) atoms. The Labute approximate surface area is 360 Å². The first-order valence-electron chi connectivity index (χ1n) is 20.7. The molecule has 8 rings (SSSR count). The fourth-order valence-corrected chi connectivity index (χ4v) is 9.21. The van der Waals surface area contributed by atoms with Gasteiger partial charge in [-0.15, -0.1) is 0 Å². The van der Waals surface area contributed by atoms with Crippen molar-refractivity contribution < 1.29 is 28.8 Å². The molecule has 0 amide bonds. The molecule has 2 fully saturated rings. The van der Waals surface area contributed by atoms with Crippen LogP contribution in [0.25, 0.3) is 27.0 Å². The van der Waals surface area contributed by atoms with E-state index in [1.54, 1.807) is 19.4 Å². The van der Waals surface area contributed by atoms with Gasteiger partial charge in [0, 0.05) is 69.4 Å². The van der Waals surface area contributed by atoms with Crippen molar-refractivity contribution in [2.75, 3.05) is 53.5 Å². The number of ether oxygens (including phenoxy) is 4. The first-order chi connectivity index (χ1) is 29.2. The number of pyridine rings is 1. The highest BCUT2D eigenvalue weighted by atomic mass is 35.5. The van der Waals surface area contributed by atoms with Crippen LogP contribution in [0.3, 0.4) is 0 Å². The minimum absolute atomic E-state index is 0.0399. The third-order valence-electron chi connectivity index (χ3n) is 11.9. The number of rotatable bonds is 16. The smallest absolute Gasteiger partial charge is 0.345 e. The normalized spacial score (nSPS) is 18.4. The maximum Gasteiger partial charge on any atom is 0.345 e. The zero-order chi connectivity index (χ0) is 41.8. The van der Waals surface area contributed by atoms with Gasteiger partial charge in [-0.25, -0.2) is 14.8 Å². The fourth-order valence-electron chi connectivity index (χ4n) is 8.28. The van der Waals surface area contributed by atoms with E-state index in [0.717, 1.165) is 95.8 Å². The van der Waals surface area contributed by atoms with Crippen LogP contribution in [0.5, 0.6) is 17.4 Å². The summed E-state index contributed by atoms with van der Waals surface area (Å²) in [6.45, 7) is 10.0. The summed E-state index contributed by atoms with van der Waals surface area (Å²) in [6, 6.07) is 16.8. The van der Waals surface area contributed by atoms with Crippen molar-refractivity contribution >= 4 is 44.8 Å². The van der Waals surface area contributed by atoms with Crippen molar-refractivity contribution in [3.63, 3.8) is 0 Å². The second kappa shape index (κ2) is 18.7. The number of hydrogen-bond acceptors (Lipinski definition) is 12. The van der Waals surface area contributed by atoms with Gasteiger partial charge >= 0.3 is 5.97 Å². The number of aliphatic carboxylic acids is 1. The van der Waals surface area contributed by atoms with E-state index in [4.69, 9.17) is 44.9 Å². The average molecular weight is 851 g/mol. The molecule has 2 aliphatic carbocycles. The van der Waals surface area contributed by atoms with Crippen molar-refractivity contribution in [2.24, 2.45) is 5.92 Å². The van der Waals surface area contributed by atoms with Crippen LogP contribution >= 0.6 is 23.1 Å². The highest BCUT2D eigenvalue weighted by molar-refractivity contribution is 7.13. The van der Waals surface area contributed by atoms with E-state index in [1.165, 1.54) is 11.5 Å². The van der Waals surface area contributed by atoms with Crippen LogP contribution in [0.4, 0.5) is 0 Å². The molecule has 4 heterocycles. The summed E-state index contributed by atoms with van der Waals surface area (Å²) < 4.78 is 30.2. The number of carbonyl (C=O) groups is 1. The second-order valence-electron chi connectivity index (χ2n) is 15.9. The lowest BCUT2D eigenvalue weighted by atomic mass is 9.75. The van der Waals surface area contributed by atoms with Gasteiger partial charge in [0.05, 0.1) is 39.2 Å². The van der Waals surface area contributed by atoms with Gasteiger partial charge in [-0.2, -0.15) is 4.37 Å². The van der Waals surface area contributed by atoms with Crippen molar-refractivity contribution in [2.45, 2.75) is 64.6 Å². The van der Waals surface area contributed by atoms with E-state index in [9.17, 15) is 9.90 Å². The van der Waals surface area contributed by atoms with Gasteiger partial charge in [-0.05, 0) is 85.2 Å². The maximum absolute atomic E-state index is 13.0. The molecule has 3 aliphatic rings. The molecular formula is C46H51ClN6O6S. The molecule has 5 aromatic rings. The fraction of sp³-hybridized carbons (Fsp3) is 0.413. The number of nitrogens with zero attached hydrogens (tertiary/aromatic N) is 6. The van der Waals surface area contributed by atoms with Crippen LogP contribution in [-0.2, 0) is 22.6 Å². The Kier molecular flexibility index (Phi) is 13.0. The zero-order valence-electron chi connectivity index (χ0n) is 34.5. The van der Waals surface area contributed by atoms with Gasteiger partial charge in [0.2, 0.25) is 12.0 Å². The first-order valence-corrected chi connectivity index (χ1v) is 21.8.